The number of hydrogen-bond acceptors (Lipinski definition) is 5. The highest BCUT2D eigenvalue weighted by atomic mass is 79.9. The molecule has 1 aromatic carbocycles. The average Bonchev–Trinajstić information content (AvgIpc) is 3.25. The molecule has 0 N–H and O–H groups in total. The fourth-order valence-electron chi connectivity index (χ4n) is 3.72. The van der Waals surface area contributed by atoms with Crippen molar-refractivity contribution >= 4 is 33.2 Å². The van der Waals surface area contributed by atoms with E-state index in [-0.39, 0.29) is 18.0 Å². The molecule has 0 aliphatic carbocycles. The van der Waals surface area contributed by atoms with Gasteiger partial charge in [0.25, 0.3) is 6.43 Å². The summed E-state index contributed by atoms with van der Waals surface area (Å²) < 4.78 is 59.4. The fraction of sp³-hybridized carbons (Fsp3) is 0.429. The van der Waals surface area contributed by atoms with Gasteiger partial charge in [-0.25, -0.2) is 27.3 Å². The first-order valence-corrected chi connectivity index (χ1v) is 11.4. The van der Waals surface area contributed by atoms with Crippen molar-refractivity contribution in [3.05, 3.63) is 62.0 Å². The molecule has 0 radical (unpaired) electrons. The van der Waals surface area contributed by atoms with Crippen molar-refractivity contribution in [3.8, 4) is 0 Å². The van der Waals surface area contributed by atoms with E-state index >= 15 is 4.39 Å². The molecule has 2 atom stereocenters. The minimum Gasteiger partial charge on any atom is -0.456 e. The number of thiazole rings is 1. The van der Waals surface area contributed by atoms with Gasteiger partial charge in [-0.3, -0.25) is 4.90 Å². The highest BCUT2D eigenvalue weighted by Gasteiger charge is 2.37. The maximum atomic E-state index is 15.3. The summed E-state index contributed by atoms with van der Waals surface area (Å²) in [6.45, 7) is -1.13. The Morgan fingerprint density at radius 2 is 2.13 bits per heavy atom. The zero-order chi connectivity index (χ0) is 22.5. The Labute approximate surface area is 190 Å². The minimum atomic E-state index is -2.87. The van der Waals surface area contributed by atoms with Crippen LogP contribution < -0.4 is 0 Å². The van der Waals surface area contributed by atoms with Crippen LogP contribution in [0.15, 0.2) is 45.6 Å². The first-order chi connectivity index (χ1) is 14.8. The van der Waals surface area contributed by atoms with Crippen molar-refractivity contribution in [1.82, 2.24) is 9.88 Å². The van der Waals surface area contributed by atoms with Gasteiger partial charge in [0.1, 0.15) is 16.7 Å². The Morgan fingerprint density at radius 3 is 2.77 bits per heavy atom. The number of carbonyl (C=O) groups excluding carboxylic acids is 1. The molecule has 3 rings (SSSR count). The third kappa shape index (κ3) is 5.72. The van der Waals surface area contributed by atoms with Crippen molar-refractivity contribution in [2.75, 3.05) is 13.7 Å². The van der Waals surface area contributed by atoms with Crippen LogP contribution in [0.2, 0.25) is 0 Å². The van der Waals surface area contributed by atoms with Crippen LogP contribution in [0.1, 0.15) is 48.3 Å². The zero-order valence-corrected chi connectivity index (χ0v) is 19.1. The molecule has 0 amide bonds. The van der Waals surface area contributed by atoms with Crippen LogP contribution in [0.3, 0.4) is 0 Å². The number of likely N-dealkylation sites (N-methyl/N-ethyl adjacent to an activating group) is 1. The van der Waals surface area contributed by atoms with Gasteiger partial charge < -0.3 is 4.74 Å². The zero-order valence-electron chi connectivity index (χ0n) is 16.7. The van der Waals surface area contributed by atoms with E-state index in [9.17, 15) is 18.0 Å². The molecule has 1 aliphatic rings. The molecule has 2 heterocycles. The average molecular weight is 521 g/mol. The smallest absolute Gasteiger partial charge is 0.338 e. The standard InChI is InChI=1S/C21H21BrF4N2O2S/c1-28-16(20-27-8-9-31-20)5-3-2-4-15(24)18(21(29)30-11-17(25)26)19(28)13-7-6-12(23)10-14(13)22/h6-10,16-17,19H,2-5,11H2,1H3/b18-15+. The second-order valence-corrected chi connectivity index (χ2v) is 8.95. The molecule has 0 saturated carbocycles. The number of aromatic nitrogens is 1. The maximum Gasteiger partial charge on any atom is 0.338 e. The largest absolute Gasteiger partial charge is 0.456 e. The normalized spacial score (nSPS) is 23.3. The van der Waals surface area contributed by atoms with Crippen LogP contribution in [0, 0.1) is 5.82 Å². The van der Waals surface area contributed by atoms with E-state index in [0.717, 1.165) is 5.01 Å². The van der Waals surface area contributed by atoms with Gasteiger partial charge in [-0.15, -0.1) is 11.3 Å². The number of halogens is 5. The number of rotatable bonds is 5. The lowest BCUT2D eigenvalue weighted by Crippen LogP contribution is -2.34. The van der Waals surface area contributed by atoms with E-state index in [4.69, 9.17) is 4.74 Å². The summed E-state index contributed by atoms with van der Waals surface area (Å²) in [6, 6.07) is 2.62. The molecular formula is C21H21BrF4N2O2S. The quantitative estimate of drug-likeness (QED) is 0.339. The molecule has 0 bridgehead atoms. The van der Waals surface area contributed by atoms with E-state index in [0.29, 0.717) is 29.3 Å². The minimum absolute atomic E-state index is 0.0210. The molecule has 0 spiro atoms. The van der Waals surface area contributed by atoms with Gasteiger partial charge in [-0.2, -0.15) is 0 Å². The third-order valence-corrected chi connectivity index (χ3v) is 6.71. The van der Waals surface area contributed by atoms with Gasteiger partial charge >= 0.3 is 5.97 Å². The monoisotopic (exact) mass is 520 g/mol. The third-order valence-electron chi connectivity index (χ3n) is 5.14. The van der Waals surface area contributed by atoms with Crippen molar-refractivity contribution in [2.24, 2.45) is 0 Å². The predicted octanol–water partition coefficient (Wildman–Crippen LogP) is 6.36. The van der Waals surface area contributed by atoms with Crippen molar-refractivity contribution in [2.45, 2.75) is 44.2 Å². The highest BCUT2D eigenvalue weighted by Crippen LogP contribution is 2.43. The lowest BCUT2D eigenvalue weighted by atomic mass is 9.94. The van der Waals surface area contributed by atoms with E-state index in [1.165, 1.54) is 29.5 Å². The summed E-state index contributed by atoms with van der Waals surface area (Å²) >= 11 is 4.74. The van der Waals surface area contributed by atoms with Gasteiger partial charge in [0.15, 0.2) is 6.61 Å². The molecule has 0 fully saturated rings. The van der Waals surface area contributed by atoms with Gasteiger partial charge in [0, 0.05) is 16.0 Å². The number of esters is 1. The summed E-state index contributed by atoms with van der Waals surface area (Å²) in [4.78, 5) is 19.0. The van der Waals surface area contributed by atoms with Crippen molar-refractivity contribution < 1.29 is 27.1 Å². The second kappa shape index (κ2) is 10.7. The van der Waals surface area contributed by atoms with Gasteiger partial charge in [-0.05, 0) is 44.0 Å². The lowest BCUT2D eigenvalue weighted by molar-refractivity contribution is -0.144. The molecule has 2 unspecified atom stereocenters. The number of allylic oxidation sites excluding steroid dienone is 1. The number of carbonyl (C=O) groups is 1. The number of ether oxygens (including phenoxy) is 1. The van der Waals surface area contributed by atoms with Crippen LogP contribution >= 0.6 is 27.3 Å². The molecule has 168 valence electrons. The summed E-state index contributed by atoms with van der Waals surface area (Å²) in [6.07, 6.45) is 0.584. The molecule has 10 heteroatoms. The lowest BCUT2D eigenvalue weighted by Gasteiger charge is -2.35. The predicted molar refractivity (Wildman–Crippen MR) is 113 cm³/mol. The Bertz CT molecular complexity index is 939. The van der Waals surface area contributed by atoms with E-state index in [1.54, 1.807) is 18.1 Å². The van der Waals surface area contributed by atoms with Crippen LogP contribution in [0.25, 0.3) is 0 Å². The first kappa shape index (κ1) is 23.9. The topological polar surface area (TPSA) is 42.4 Å². The van der Waals surface area contributed by atoms with E-state index < -0.39 is 36.7 Å². The van der Waals surface area contributed by atoms with Gasteiger partial charge in [-0.1, -0.05) is 28.4 Å². The van der Waals surface area contributed by atoms with Crippen molar-refractivity contribution in [3.63, 3.8) is 0 Å². The van der Waals surface area contributed by atoms with E-state index in [1.807, 2.05) is 5.38 Å². The number of benzene rings is 1. The Balaban J connectivity index is 2.14. The first-order valence-electron chi connectivity index (χ1n) is 9.69. The summed E-state index contributed by atoms with van der Waals surface area (Å²) in [5, 5.41) is 2.61. The summed E-state index contributed by atoms with van der Waals surface area (Å²) in [5.41, 5.74) is 0.0745. The Hall–Kier alpha value is -1.78. The van der Waals surface area contributed by atoms with Crippen LogP contribution in [0.5, 0.6) is 0 Å². The van der Waals surface area contributed by atoms with E-state index in [2.05, 4.69) is 20.9 Å². The molecule has 0 saturated heterocycles. The highest BCUT2D eigenvalue weighted by molar-refractivity contribution is 9.10. The van der Waals surface area contributed by atoms with Crippen LogP contribution in [-0.4, -0.2) is 35.9 Å². The fourth-order valence-corrected chi connectivity index (χ4v) is 5.11. The molecule has 31 heavy (non-hydrogen) atoms. The molecule has 2 aromatic rings. The summed E-state index contributed by atoms with van der Waals surface area (Å²) in [7, 11) is 1.71. The number of nitrogens with zero attached hydrogens (tertiary/aromatic N) is 2. The summed E-state index contributed by atoms with van der Waals surface area (Å²) in [5.74, 6) is -2.37. The van der Waals surface area contributed by atoms with Crippen molar-refractivity contribution in [1.29, 1.82) is 0 Å². The van der Waals surface area contributed by atoms with Crippen LogP contribution in [-0.2, 0) is 9.53 Å². The Morgan fingerprint density at radius 1 is 1.35 bits per heavy atom. The maximum absolute atomic E-state index is 15.3. The van der Waals surface area contributed by atoms with Crippen LogP contribution in [0.4, 0.5) is 17.6 Å². The van der Waals surface area contributed by atoms with Gasteiger partial charge in [0.05, 0.1) is 17.7 Å². The van der Waals surface area contributed by atoms with Gasteiger partial charge in [0.2, 0.25) is 0 Å². The Kier molecular flexibility index (Phi) is 8.23. The molecule has 1 aliphatic heterocycles. The molecule has 1 aromatic heterocycles. The molecule has 4 nitrogen and oxygen atoms in total. The number of hydrogen-bond donors (Lipinski definition) is 0. The molecular weight excluding hydrogens is 500 g/mol. The number of alkyl halides is 2. The SMILES string of the molecule is CN1C(c2nccs2)CCCC/C(F)=C(\C(=O)OCC(F)F)C1c1ccc(F)cc1Br. The second-order valence-electron chi connectivity index (χ2n) is 7.17.